The molecule has 0 fully saturated rings. The van der Waals surface area contributed by atoms with E-state index < -0.39 is 27.9 Å². The number of hydrogen-bond donors (Lipinski definition) is 1. The Morgan fingerprint density at radius 2 is 2.00 bits per heavy atom. The van der Waals surface area contributed by atoms with Gasteiger partial charge in [-0.25, -0.2) is 8.98 Å². The van der Waals surface area contributed by atoms with E-state index in [-0.39, 0.29) is 19.4 Å². The predicted molar refractivity (Wildman–Crippen MR) is 53.0 cm³/mol. The summed E-state index contributed by atoms with van der Waals surface area (Å²) in [6.45, 7) is -0.135. The number of nitrogens with zero attached hydrogens (tertiary/aromatic N) is 1. The van der Waals surface area contributed by atoms with Crippen molar-refractivity contribution in [3.05, 3.63) is 12.2 Å². The van der Waals surface area contributed by atoms with Crippen LogP contribution in [0.4, 0.5) is 18.0 Å². The van der Waals surface area contributed by atoms with E-state index in [4.69, 9.17) is 5.11 Å². The number of carboxylic acid groups (broad SMARTS) is 1. The van der Waals surface area contributed by atoms with E-state index >= 15 is 0 Å². The van der Waals surface area contributed by atoms with Gasteiger partial charge in [-0.3, -0.25) is 4.90 Å². The number of amides is 1. The Morgan fingerprint density at radius 3 is 2.50 bits per heavy atom. The van der Waals surface area contributed by atoms with Crippen molar-refractivity contribution in [3.63, 3.8) is 0 Å². The molecule has 0 aromatic heterocycles. The van der Waals surface area contributed by atoms with Crippen LogP contribution in [0, 0.1) is 0 Å². The zero-order valence-corrected chi connectivity index (χ0v) is 9.74. The highest BCUT2D eigenvalue weighted by molar-refractivity contribution is 7.87. The lowest BCUT2D eigenvalue weighted by Crippen LogP contribution is -2.44. The van der Waals surface area contributed by atoms with Crippen LogP contribution in [-0.4, -0.2) is 42.8 Å². The molecule has 0 bridgehead atoms. The molecule has 1 heterocycles. The zero-order chi connectivity index (χ0) is 14.0. The van der Waals surface area contributed by atoms with Crippen molar-refractivity contribution in [2.45, 2.75) is 24.6 Å². The maximum atomic E-state index is 12.1. The maximum absolute atomic E-state index is 12.1. The molecule has 6 nitrogen and oxygen atoms in total. The highest BCUT2D eigenvalue weighted by Crippen LogP contribution is 2.27. The van der Waals surface area contributed by atoms with Gasteiger partial charge in [0.05, 0.1) is 0 Å². The molecule has 1 rings (SSSR count). The third-order valence-corrected chi connectivity index (χ3v) is 3.20. The van der Waals surface area contributed by atoms with Gasteiger partial charge in [-0.2, -0.15) is 21.6 Å². The molecule has 1 aliphatic heterocycles. The highest BCUT2D eigenvalue weighted by atomic mass is 32.2. The minimum Gasteiger partial charge on any atom is -0.465 e. The average Bonchev–Trinajstić information content (AvgIpc) is 2.40. The summed E-state index contributed by atoms with van der Waals surface area (Å²) in [5.41, 5.74) is -5.58. The maximum Gasteiger partial charge on any atom is 0.523 e. The monoisotopic (exact) mass is 289 g/mol. The topological polar surface area (TPSA) is 83.9 Å². The van der Waals surface area contributed by atoms with Gasteiger partial charge in [-0.05, 0) is 6.42 Å². The minimum absolute atomic E-state index is 0.135. The Balaban J connectivity index is 2.92. The normalized spacial score (nSPS) is 21.7. The molecular formula is C8H10F3NO5S. The molecule has 18 heavy (non-hydrogen) atoms. The van der Waals surface area contributed by atoms with Gasteiger partial charge < -0.3 is 5.11 Å². The largest absolute Gasteiger partial charge is 0.523 e. The van der Waals surface area contributed by atoms with Crippen LogP contribution in [0.25, 0.3) is 0 Å². The van der Waals surface area contributed by atoms with Crippen LogP contribution in [0.5, 0.6) is 0 Å². The molecule has 0 aromatic carbocycles. The fraction of sp³-hybridized carbons (Fsp3) is 0.625. The van der Waals surface area contributed by atoms with Crippen molar-refractivity contribution in [2.75, 3.05) is 6.54 Å². The Morgan fingerprint density at radius 1 is 1.39 bits per heavy atom. The first-order valence-corrected chi connectivity index (χ1v) is 6.20. The van der Waals surface area contributed by atoms with Gasteiger partial charge in [-0.1, -0.05) is 12.2 Å². The van der Waals surface area contributed by atoms with Crippen LogP contribution in [0.2, 0.25) is 0 Å². The summed E-state index contributed by atoms with van der Waals surface area (Å²) < 4.78 is 61.9. The molecule has 0 aliphatic carbocycles. The lowest BCUT2D eigenvalue weighted by molar-refractivity contribution is -0.0649. The Bertz CT molecular complexity index is 444. The first kappa shape index (κ1) is 14.8. The van der Waals surface area contributed by atoms with Crippen molar-refractivity contribution in [1.82, 2.24) is 4.90 Å². The molecule has 0 radical (unpaired) electrons. The van der Waals surface area contributed by atoms with Crippen molar-refractivity contribution in [1.29, 1.82) is 0 Å². The fourth-order valence-electron chi connectivity index (χ4n) is 1.33. The smallest absolute Gasteiger partial charge is 0.465 e. The second-order valence-corrected chi connectivity index (χ2v) is 4.99. The van der Waals surface area contributed by atoms with Crippen molar-refractivity contribution in [3.8, 4) is 0 Å². The molecule has 10 heteroatoms. The van der Waals surface area contributed by atoms with Gasteiger partial charge in [0.1, 0.15) is 0 Å². The summed E-state index contributed by atoms with van der Waals surface area (Å²) in [5.74, 6) is 0. The van der Waals surface area contributed by atoms with E-state index in [0.717, 1.165) is 0 Å². The second kappa shape index (κ2) is 5.14. The standard InChI is InChI=1S/C8H10F3NO5S/c9-8(10,11)18(15,16)17-6-4-2-1-3-5-12(6)7(13)14/h1-2,6H,3-5H2,(H,13,14). The van der Waals surface area contributed by atoms with E-state index in [1.165, 1.54) is 6.08 Å². The van der Waals surface area contributed by atoms with Crippen molar-refractivity contribution >= 4 is 16.2 Å². The van der Waals surface area contributed by atoms with Crippen LogP contribution in [0.1, 0.15) is 12.8 Å². The van der Waals surface area contributed by atoms with Crippen LogP contribution < -0.4 is 0 Å². The lowest BCUT2D eigenvalue weighted by Gasteiger charge is -2.26. The van der Waals surface area contributed by atoms with E-state index in [1.54, 1.807) is 6.08 Å². The number of halogens is 3. The first-order chi connectivity index (χ1) is 8.15. The second-order valence-electron chi connectivity index (χ2n) is 3.42. The van der Waals surface area contributed by atoms with Crippen molar-refractivity contribution < 1.29 is 35.7 Å². The summed E-state index contributed by atoms with van der Waals surface area (Å²) in [7, 11) is -5.82. The molecule has 1 aliphatic rings. The SMILES string of the molecule is O=C(O)N1CCC=CCC1OS(=O)(=O)C(F)(F)F. The molecule has 0 saturated carbocycles. The Kier molecular flexibility index (Phi) is 4.22. The summed E-state index contributed by atoms with van der Waals surface area (Å²) in [6.07, 6.45) is -0.312. The van der Waals surface area contributed by atoms with Crippen LogP contribution >= 0.6 is 0 Å². The van der Waals surface area contributed by atoms with Gasteiger partial charge in [-0.15, -0.1) is 0 Å². The van der Waals surface area contributed by atoms with E-state index in [1.807, 2.05) is 0 Å². The van der Waals surface area contributed by atoms with Crippen LogP contribution in [0.3, 0.4) is 0 Å². The third kappa shape index (κ3) is 3.35. The molecular weight excluding hydrogens is 279 g/mol. The van der Waals surface area contributed by atoms with E-state index in [9.17, 15) is 26.4 Å². The molecule has 0 spiro atoms. The zero-order valence-electron chi connectivity index (χ0n) is 8.92. The van der Waals surface area contributed by atoms with Gasteiger partial charge in [0, 0.05) is 13.0 Å². The average molecular weight is 289 g/mol. The Labute approximate surface area is 101 Å². The molecule has 104 valence electrons. The number of hydrogen-bond acceptors (Lipinski definition) is 4. The molecule has 1 amide bonds. The number of rotatable bonds is 2. The fourth-order valence-corrected chi connectivity index (χ4v) is 1.91. The van der Waals surface area contributed by atoms with E-state index in [0.29, 0.717) is 4.90 Å². The molecule has 1 N–H and O–H groups in total. The minimum atomic E-state index is -5.82. The first-order valence-electron chi connectivity index (χ1n) is 4.79. The van der Waals surface area contributed by atoms with Crippen LogP contribution in [-0.2, 0) is 14.3 Å². The summed E-state index contributed by atoms with van der Waals surface area (Å²) in [6, 6.07) is 0. The van der Waals surface area contributed by atoms with Gasteiger partial charge >= 0.3 is 21.7 Å². The lowest BCUT2D eigenvalue weighted by atomic mass is 10.3. The third-order valence-electron chi connectivity index (χ3n) is 2.16. The highest BCUT2D eigenvalue weighted by Gasteiger charge is 2.49. The van der Waals surface area contributed by atoms with E-state index in [2.05, 4.69) is 4.18 Å². The summed E-state index contributed by atoms with van der Waals surface area (Å²) in [4.78, 5) is 11.3. The summed E-state index contributed by atoms with van der Waals surface area (Å²) >= 11 is 0. The van der Waals surface area contributed by atoms with Gasteiger partial charge in [0.2, 0.25) is 0 Å². The Hall–Kier alpha value is -1.29. The number of alkyl halides is 3. The molecule has 1 atom stereocenters. The quantitative estimate of drug-likeness (QED) is 0.473. The molecule has 0 saturated heterocycles. The van der Waals surface area contributed by atoms with Crippen molar-refractivity contribution in [2.24, 2.45) is 0 Å². The predicted octanol–water partition coefficient (Wildman–Crippen LogP) is 1.51. The van der Waals surface area contributed by atoms with Crippen LogP contribution in [0.15, 0.2) is 12.2 Å². The molecule has 0 aromatic rings. The van der Waals surface area contributed by atoms with Gasteiger partial charge in [0.25, 0.3) is 0 Å². The number of carbonyl (C=O) groups is 1. The van der Waals surface area contributed by atoms with Gasteiger partial charge in [0.15, 0.2) is 6.23 Å². The molecule has 1 unspecified atom stereocenters. The summed E-state index contributed by atoms with van der Waals surface area (Å²) in [5, 5.41) is 8.78.